The number of thiophene rings is 1. The van der Waals surface area contributed by atoms with Gasteiger partial charge in [0.15, 0.2) is 6.10 Å². The average Bonchev–Trinajstić information content (AvgIpc) is 3.28. The molecule has 1 aliphatic rings. The van der Waals surface area contributed by atoms with E-state index in [4.69, 9.17) is 4.74 Å². The SMILES string of the molecule is CC[C@H]1Oc2ccc(NC(=O)c3cccs3)cc2CN(CCc2ccc(F)cc2)C1=O. The molecule has 0 radical (unpaired) electrons. The minimum Gasteiger partial charge on any atom is -0.480 e. The number of anilines is 1. The second kappa shape index (κ2) is 9.31. The molecule has 0 bridgehead atoms. The van der Waals surface area contributed by atoms with Gasteiger partial charge in [0, 0.05) is 24.3 Å². The van der Waals surface area contributed by atoms with Crippen molar-refractivity contribution < 1.29 is 18.7 Å². The number of ether oxygens (including phenoxy) is 1. The first-order valence-electron chi connectivity index (χ1n) is 10.2. The number of carbonyl (C=O) groups excluding carboxylic acids is 2. The molecule has 4 rings (SSSR count). The highest BCUT2D eigenvalue weighted by molar-refractivity contribution is 7.12. The van der Waals surface area contributed by atoms with E-state index in [9.17, 15) is 14.0 Å². The van der Waals surface area contributed by atoms with Crippen molar-refractivity contribution in [3.8, 4) is 5.75 Å². The Kier molecular flexibility index (Phi) is 6.32. The Morgan fingerprint density at radius 1 is 1.23 bits per heavy atom. The fourth-order valence-electron chi connectivity index (χ4n) is 3.55. The molecule has 1 atom stereocenters. The van der Waals surface area contributed by atoms with Gasteiger partial charge in [-0.1, -0.05) is 25.1 Å². The fourth-order valence-corrected chi connectivity index (χ4v) is 4.17. The summed E-state index contributed by atoms with van der Waals surface area (Å²) in [6, 6.07) is 15.4. The summed E-state index contributed by atoms with van der Waals surface area (Å²) in [6.45, 7) is 2.80. The molecule has 0 fully saturated rings. The molecular formula is C24H23FN2O3S. The van der Waals surface area contributed by atoms with Crippen LogP contribution >= 0.6 is 11.3 Å². The van der Waals surface area contributed by atoms with Crippen LogP contribution in [0.1, 0.15) is 34.1 Å². The Hall–Kier alpha value is -3.19. The third-order valence-corrected chi connectivity index (χ3v) is 6.10. The van der Waals surface area contributed by atoms with E-state index >= 15 is 0 Å². The molecule has 2 amide bonds. The van der Waals surface area contributed by atoms with Crippen LogP contribution in [0.3, 0.4) is 0 Å². The summed E-state index contributed by atoms with van der Waals surface area (Å²) in [6.07, 6.45) is 0.621. The molecule has 3 aromatic rings. The van der Waals surface area contributed by atoms with Crippen LogP contribution in [0, 0.1) is 5.82 Å². The summed E-state index contributed by atoms with van der Waals surface area (Å²) in [7, 11) is 0. The van der Waals surface area contributed by atoms with Crippen molar-refractivity contribution in [1.29, 1.82) is 0 Å². The van der Waals surface area contributed by atoms with Crippen LogP contribution in [0.5, 0.6) is 5.75 Å². The zero-order valence-corrected chi connectivity index (χ0v) is 18.0. The number of amides is 2. The maximum absolute atomic E-state index is 13.2. The Bertz CT molecular complexity index is 1070. The standard InChI is InChI=1S/C24H23FN2O3S/c1-2-20-24(29)27(12-11-16-5-7-18(25)8-6-16)15-17-14-19(9-10-21(17)30-20)26-23(28)22-4-3-13-31-22/h3-10,13-14,20H,2,11-12,15H2,1H3,(H,26,28)/t20-/m1/s1. The maximum Gasteiger partial charge on any atom is 0.265 e. The Morgan fingerprint density at radius 3 is 2.74 bits per heavy atom. The highest BCUT2D eigenvalue weighted by Crippen LogP contribution is 2.30. The summed E-state index contributed by atoms with van der Waals surface area (Å²) >= 11 is 1.38. The molecule has 0 aliphatic carbocycles. The van der Waals surface area contributed by atoms with Crippen LogP contribution in [-0.4, -0.2) is 29.4 Å². The lowest BCUT2D eigenvalue weighted by Gasteiger charge is -2.23. The van der Waals surface area contributed by atoms with Gasteiger partial charge in [0.2, 0.25) is 0 Å². The second-order valence-corrected chi connectivity index (χ2v) is 8.35. The van der Waals surface area contributed by atoms with Gasteiger partial charge in [0.1, 0.15) is 11.6 Å². The van der Waals surface area contributed by atoms with Gasteiger partial charge in [-0.25, -0.2) is 4.39 Å². The predicted molar refractivity (Wildman–Crippen MR) is 119 cm³/mol. The van der Waals surface area contributed by atoms with Gasteiger partial charge in [-0.05, 0) is 60.2 Å². The van der Waals surface area contributed by atoms with Gasteiger partial charge >= 0.3 is 0 Å². The number of rotatable bonds is 6. The van der Waals surface area contributed by atoms with E-state index in [1.165, 1.54) is 23.5 Å². The molecule has 0 saturated carbocycles. The van der Waals surface area contributed by atoms with Crippen LogP contribution in [0.15, 0.2) is 60.0 Å². The van der Waals surface area contributed by atoms with E-state index in [0.717, 1.165) is 11.1 Å². The molecule has 2 heterocycles. The van der Waals surface area contributed by atoms with E-state index in [1.54, 1.807) is 35.2 Å². The van der Waals surface area contributed by atoms with Crippen molar-refractivity contribution in [2.24, 2.45) is 0 Å². The number of nitrogens with one attached hydrogen (secondary N) is 1. The molecule has 0 unspecified atom stereocenters. The van der Waals surface area contributed by atoms with Gasteiger partial charge in [-0.15, -0.1) is 11.3 Å². The number of fused-ring (bicyclic) bond motifs is 1. The first-order valence-corrected chi connectivity index (χ1v) is 11.1. The fraction of sp³-hybridized carbons (Fsp3) is 0.250. The maximum atomic E-state index is 13.2. The van der Waals surface area contributed by atoms with Crippen molar-refractivity contribution in [3.63, 3.8) is 0 Å². The average molecular weight is 439 g/mol. The molecule has 1 aliphatic heterocycles. The minimum absolute atomic E-state index is 0.0648. The smallest absolute Gasteiger partial charge is 0.265 e. The van der Waals surface area contributed by atoms with Gasteiger partial charge in [-0.2, -0.15) is 0 Å². The van der Waals surface area contributed by atoms with Gasteiger partial charge in [0.05, 0.1) is 4.88 Å². The van der Waals surface area contributed by atoms with Crippen molar-refractivity contribution in [3.05, 3.63) is 81.8 Å². The normalized spacial score (nSPS) is 15.7. The minimum atomic E-state index is -0.555. The molecular weight excluding hydrogens is 415 g/mol. The van der Waals surface area contributed by atoms with Crippen molar-refractivity contribution in [2.75, 3.05) is 11.9 Å². The molecule has 7 heteroatoms. The summed E-state index contributed by atoms with van der Waals surface area (Å²) in [5, 5.41) is 4.76. The first-order chi connectivity index (χ1) is 15.0. The van der Waals surface area contributed by atoms with E-state index in [2.05, 4.69) is 5.32 Å². The lowest BCUT2D eigenvalue weighted by atomic mass is 10.1. The third-order valence-electron chi connectivity index (χ3n) is 5.24. The van der Waals surface area contributed by atoms with Crippen molar-refractivity contribution in [2.45, 2.75) is 32.4 Å². The summed E-state index contributed by atoms with van der Waals surface area (Å²) in [5.74, 6) is 0.142. The summed E-state index contributed by atoms with van der Waals surface area (Å²) in [5.41, 5.74) is 2.46. The monoisotopic (exact) mass is 438 g/mol. The number of hydrogen-bond acceptors (Lipinski definition) is 4. The molecule has 31 heavy (non-hydrogen) atoms. The first kappa shape index (κ1) is 21.1. The van der Waals surface area contributed by atoms with Crippen LogP contribution in [0.2, 0.25) is 0 Å². The Labute approximate surface area is 184 Å². The van der Waals surface area contributed by atoms with Crippen LogP contribution in [0.4, 0.5) is 10.1 Å². The van der Waals surface area contributed by atoms with E-state index in [1.807, 2.05) is 24.4 Å². The zero-order valence-electron chi connectivity index (χ0n) is 17.1. The highest BCUT2D eigenvalue weighted by atomic mass is 32.1. The molecule has 5 nitrogen and oxygen atoms in total. The van der Waals surface area contributed by atoms with Crippen LogP contribution < -0.4 is 10.1 Å². The molecule has 1 aromatic heterocycles. The Balaban J connectivity index is 1.53. The molecule has 0 spiro atoms. The lowest BCUT2D eigenvalue weighted by molar-refractivity contribution is -0.138. The number of benzene rings is 2. The molecule has 0 saturated heterocycles. The molecule has 2 aromatic carbocycles. The number of carbonyl (C=O) groups is 2. The van der Waals surface area contributed by atoms with Crippen molar-refractivity contribution in [1.82, 2.24) is 4.90 Å². The van der Waals surface area contributed by atoms with Gasteiger partial charge < -0.3 is 15.0 Å². The number of halogens is 1. The number of hydrogen-bond donors (Lipinski definition) is 1. The van der Waals surface area contributed by atoms with Gasteiger partial charge in [-0.3, -0.25) is 9.59 Å². The topological polar surface area (TPSA) is 58.6 Å². The predicted octanol–water partition coefficient (Wildman–Crippen LogP) is 4.88. The largest absolute Gasteiger partial charge is 0.480 e. The third kappa shape index (κ3) is 4.94. The van der Waals surface area contributed by atoms with E-state index in [-0.39, 0.29) is 17.6 Å². The molecule has 160 valence electrons. The van der Waals surface area contributed by atoms with Crippen LogP contribution in [-0.2, 0) is 17.8 Å². The number of nitrogens with zero attached hydrogens (tertiary/aromatic N) is 1. The Morgan fingerprint density at radius 2 is 2.03 bits per heavy atom. The summed E-state index contributed by atoms with van der Waals surface area (Å²) < 4.78 is 19.2. The lowest BCUT2D eigenvalue weighted by Crippen LogP contribution is -2.40. The second-order valence-electron chi connectivity index (χ2n) is 7.40. The quantitative estimate of drug-likeness (QED) is 0.597. The summed E-state index contributed by atoms with van der Waals surface area (Å²) in [4.78, 5) is 27.8. The van der Waals surface area contributed by atoms with Crippen molar-refractivity contribution >= 4 is 28.8 Å². The zero-order chi connectivity index (χ0) is 21.8. The van der Waals surface area contributed by atoms with E-state index < -0.39 is 6.10 Å². The van der Waals surface area contributed by atoms with E-state index in [0.29, 0.717) is 42.2 Å². The molecule has 1 N–H and O–H groups in total. The highest BCUT2D eigenvalue weighted by Gasteiger charge is 2.29. The van der Waals surface area contributed by atoms with Gasteiger partial charge in [0.25, 0.3) is 11.8 Å². The van der Waals surface area contributed by atoms with Crippen LogP contribution in [0.25, 0.3) is 0 Å².